The van der Waals surface area contributed by atoms with Crippen molar-refractivity contribution < 1.29 is 37.3 Å². The molecule has 0 heterocycles. The van der Waals surface area contributed by atoms with Gasteiger partial charge in [-0.25, -0.2) is 0 Å². The van der Waals surface area contributed by atoms with Crippen LogP contribution < -0.4 is 10.6 Å². The van der Waals surface area contributed by atoms with Gasteiger partial charge in [-0.15, -0.1) is 0 Å². The van der Waals surface area contributed by atoms with Crippen LogP contribution >= 0.6 is 7.14 Å². The molecule has 9 aliphatic rings. The Kier molecular flexibility index (Phi) is 35.8. The smallest absolute Gasteiger partial charge is 0.270 e. The molecule has 18 atom stereocenters. The topological polar surface area (TPSA) is 119 Å². The lowest BCUT2D eigenvalue weighted by molar-refractivity contribution is -0.130. The number of aliphatic hydroxyl groups excluding tert-OH is 2. The highest BCUT2D eigenvalue weighted by molar-refractivity contribution is 7.78. The van der Waals surface area contributed by atoms with Gasteiger partial charge in [0, 0.05) is 29.1 Å². The first kappa shape index (κ1) is 102. The molecule has 2 aromatic carbocycles. The molecule has 2 N–H and O–H groups in total. The van der Waals surface area contributed by atoms with E-state index in [0.717, 1.165) is 108 Å². The van der Waals surface area contributed by atoms with Crippen molar-refractivity contribution in [2.24, 2.45) is 80.8 Å². The van der Waals surface area contributed by atoms with Gasteiger partial charge in [0.15, 0.2) is 25.0 Å². The van der Waals surface area contributed by atoms with Crippen molar-refractivity contribution >= 4 is 57.2 Å². The van der Waals surface area contributed by atoms with Crippen molar-refractivity contribution in [3.63, 3.8) is 0 Å². The van der Waals surface area contributed by atoms with E-state index in [9.17, 15) is 24.0 Å². The van der Waals surface area contributed by atoms with Crippen LogP contribution in [-0.2, 0) is 27.1 Å². The van der Waals surface area contributed by atoms with Crippen molar-refractivity contribution in [1.29, 1.82) is 0 Å². The van der Waals surface area contributed by atoms with E-state index in [1.54, 1.807) is 29.8 Å². The molecule has 0 aliphatic heterocycles. The van der Waals surface area contributed by atoms with Gasteiger partial charge in [-0.05, 0) is 288 Å². The average Bonchev–Trinajstić information content (AvgIpc) is 1.63. The average molecular weight is 1710 g/mol. The number of Topliss-reactive ketones (excluding diaryl/α,β-unsaturated/α-hetero) is 1. The SMILES string of the molecule is C=C1[C@H](C(C)(C)C)C/C(=C/C=C2\CCC[C@@]3(C)C2CCC3[C@@H](C)CC)C[C@H]1O[Si](C)(C)C(C)(C)C.C=C1[C@H](O)CC(=C/C=C2\CCC[C@@]3(C)C2CCC3[C@@H](C)CC)C[C@H]1O.C=C1[C@H](O[Si](C)(C)C(C)(C)C)CC(=CCP(=O)(c2ccccc2)c2ccccc2)C[C@H]1O[Si](C)(C)C(C)(C)C.CC[C@H](C)C1CCC2C(=O)CCC[C@@]21C.C[Si](C)=O. The quantitative estimate of drug-likeness (QED) is 0.0861. The third-order valence-corrected chi connectivity index (χ3v) is 49.5. The standard InChI is InChI=1S/C33H51O3PSi2.C33H58OSi.C23H36O2.C14H24O.C2H6OSi/c1-26-30(35-38(8,9)32(2,3)4)24-27(25-31(26)36-39(10,11)33(5,6)7)22-23-37(34,28-18-14-12-15-19-28)29-20-16-13-17-21-29;1-13-23(2)27-18-19-28-26(15-14-20-33(27,28)10)17-16-25-21-29(31(4,5)6)24(3)30(22-25)34-35(11,12)32(7,8)9;1-5-15(2)19-10-11-20-18(7-6-12-23(19,20)4)9-8-17-13-21(24)16(3)22(25)14-17;1-4-10(2)11-7-8-12-13(15)6-5-9-14(11,12)3;1-4(2)3/h12-22,30-31H,1,23-25H2,2-11H3;16-17,23,27-30H,3,13-15,18-22H2,1-2,4-12H3;8-9,15,19-22,24-25H,3,5-7,10-14H2,1-2,4H3;10-12H,4-9H2,1-3H3;1-2H3/b;25-16-,26-17+;18-9+;;/t30-,31-;23-,27?,28?,29+,30+,33+;15-,19?,20?,21+,22+,23+;10-,11?,12?,14+;/m1000./s1. The fraction of sp³-hybridized carbons (Fsp3) is 0.724. The molecular formula is C105H175O8PSi4. The van der Waals surface area contributed by atoms with Gasteiger partial charge < -0.3 is 32.5 Å². The van der Waals surface area contributed by atoms with Crippen molar-refractivity contribution in [2.45, 2.75) is 398 Å². The summed E-state index contributed by atoms with van der Waals surface area (Å²) in [6.07, 6.45) is 39.3. The Hall–Kier alpha value is -3.27. The molecule has 8 nitrogen and oxygen atoms in total. The fourth-order valence-corrected chi connectivity index (χ4v) is 28.4. The maximum absolute atomic E-state index is 14.7. The van der Waals surface area contributed by atoms with Crippen molar-refractivity contribution in [3.05, 3.63) is 155 Å². The van der Waals surface area contributed by atoms with Crippen molar-refractivity contribution in [1.82, 2.24) is 0 Å². The Morgan fingerprint density at radius 2 is 0.805 bits per heavy atom. The summed E-state index contributed by atoms with van der Waals surface area (Å²) in [5.41, 5.74) is 11.9. The van der Waals surface area contributed by atoms with Gasteiger partial charge in [-0.2, -0.15) is 0 Å². The number of carbonyl (C=O) groups is 1. The second-order valence-electron chi connectivity index (χ2n) is 45.4. The normalized spacial score (nSPS) is 31.7. The van der Waals surface area contributed by atoms with Gasteiger partial charge in [0.25, 0.3) is 8.68 Å². The first-order valence-corrected chi connectivity index (χ1v) is 60.2. The minimum atomic E-state index is -2.84. The maximum Gasteiger partial charge on any atom is 0.270 e. The number of allylic oxidation sites excluding steroid dienone is 7. The van der Waals surface area contributed by atoms with E-state index in [2.05, 4.69) is 235 Å². The largest absolute Gasteiger partial charge is 0.410 e. The molecule has 118 heavy (non-hydrogen) atoms. The molecule has 9 fully saturated rings. The maximum atomic E-state index is 14.7. The second kappa shape index (κ2) is 41.4. The number of ketones is 1. The molecule has 664 valence electrons. The van der Waals surface area contributed by atoms with E-state index in [-0.39, 0.29) is 38.8 Å². The predicted molar refractivity (Wildman–Crippen MR) is 517 cm³/mol. The Labute approximate surface area is 729 Å². The molecule has 13 heteroatoms. The van der Waals surface area contributed by atoms with Crippen LogP contribution in [0, 0.1) is 80.8 Å². The van der Waals surface area contributed by atoms with Crippen LogP contribution in [0.2, 0.25) is 67.5 Å². The number of carbonyl (C=O) groups excluding carboxylic acids is 1. The molecule has 0 aromatic heterocycles. The monoisotopic (exact) mass is 1710 g/mol. The molecular weight excluding hydrogens is 1530 g/mol. The zero-order valence-electron chi connectivity index (χ0n) is 80.9. The van der Waals surface area contributed by atoms with Gasteiger partial charge in [0.2, 0.25) is 0 Å². The Balaban J connectivity index is 0.000000223. The van der Waals surface area contributed by atoms with E-state index < -0.39 is 53.0 Å². The third-order valence-electron chi connectivity index (χ3n) is 33.1. The molecule has 2 aromatic rings. The first-order valence-electron chi connectivity index (χ1n) is 47.2. The van der Waals surface area contributed by atoms with Crippen molar-refractivity contribution in [2.75, 3.05) is 6.16 Å². The fourth-order valence-electron chi connectivity index (χ4n) is 22.0. The number of hydrogen-bond donors (Lipinski definition) is 2. The molecule has 0 spiro atoms. The molecule has 0 bridgehead atoms. The summed E-state index contributed by atoms with van der Waals surface area (Å²) < 4.78 is 45.3. The van der Waals surface area contributed by atoms with Crippen LogP contribution in [0.3, 0.4) is 0 Å². The molecule has 11 rings (SSSR count). The highest BCUT2D eigenvalue weighted by Crippen LogP contribution is 2.63. The molecule has 6 unspecified atom stereocenters. The molecule has 0 amide bonds. The van der Waals surface area contributed by atoms with Crippen LogP contribution in [0.4, 0.5) is 0 Å². The van der Waals surface area contributed by atoms with Crippen LogP contribution in [0.5, 0.6) is 0 Å². The number of hydrogen-bond acceptors (Lipinski definition) is 8. The number of aliphatic hydroxyl groups is 2. The highest BCUT2D eigenvalue weighted by Gasteiger charge is 2.55. The lowest BCUT2D eigenvalue weighted by Gasteiger charge is -2.46. The van der Waals surface area contributed by atoms with E-state index in [1.807, 2.05) is 60.7 Å². The van der Waals surface area contributed by atoms with Gasteiger partial charge >= 0.3 is 0 Å². The summed E-state index contributed by atoms with van der Waals surface area (Å²) in [7, 11) is -9.92. The lowest BCUT2D eigenvalue weighted by atomic mass is 9.61. The predicted octanol–water partition coefficient (Wildman–Crippen LogP) is 29.2. The highest BCUT2D eigenvalue weighted by atomic mass is 31.2. The summed E-state index contributed by atoms with van der Waals surface area (Å²) in [6.45, 7) is 80.2. The second-order valence-corrected chi connectivity index (χ2v) is 64.4. The van der Waals surface area contributed by atoms with Gasteiger partial charge in [0.1, 0.15) is 12.9 Å². The molecule has 0 radical (unpaired) electrons. The third kappa shape index (κ3) is 24.7. The minimum Gasteiger partial charge on any atom is -0.410 e. The zero-order chi connectivity index (χ0) is 88.5. The summed E-state index contributed by atoms with van der Waals surface area (Å²) in [4.78, 5) is 11.9. The summed E-state index contributed by atoms with van der Waals surface area (Å²) in [5.74, 6) is 8.01. The Morgan fingerprint density at radius 1 is 0.483 bits per heavy atom. The van der Waals surface area contributed by atoms with E-state index in [0.29, 0.717) is 58.4 Å². The molecule has 0 saturated heterocycles. The number of rotatable bonds is 18. The number of benzene rings is 2. The Bertz CT molecular complexity index is 3800. The van der Waals surface area contributed by atoms with E-state index in [1.165, 1.54) is 114 Å². The summed E-state index contributed by atoms with van der Waals surface area (Å²) in [5, 5.41) is 22.3. The van der Waals surface area contributed by atoms with Crippen LogP contribution in [0.25, 0.3) is 0 Å². The van der Waals surface area contributed by atoms with E-state index in [4.69, 9.17) is 13.3 Å². The van der Waals surface area contributed by atoms with Crippen LogP contribution in [-0.4, -0.2) is 86.3 Å². The Morgan fingerprint density at radius 3 is 1.15 bits per heavy atom. The van der Waals surface area contributed by atoms with Crippen molar-refractivity contribution in [3.8, 4) is 0 Å². The van der Waals surface area contributed by atoms with E-state index >= 15 is 0 Å². The van der Waals surface area contributed by atoms with Gasteiger partial charge in [-0.1, -0.05) is 303 Å². The molecule has 9 saturated carbocycles. The summed E-state index contributed by atoms with van der Waals surface area (Å²) >= 11 is 0. The zero-order valence-corrected chi connectivity index (χ0v) is 85.8. The lowest BCUT2D eigenvalue weighted by Crippen LogP contribution is -2.49. The van der Waals surface area contributed by atoms with Crippen LogP contribution in [0.1, 0.15) is 299 Å². The summed E-state index contributed by atoms with van der Waals surface area (Å²) in [6, 6.07) is 19.9. The van der Waals surface area contributed by atoms with Crippen LogP contribution in [0.15, 0.2) is 155 Å². The minimum absolute atomic E-state index is 0.0894. The number of fused-ring (bicyclic) bond motifs is 3. The van der Waals surface area contributed by atoms with Gasteiger partial charge in [-0.3, -0.25) is 4.79 Å². The van der Waals surface area contributed by atoms with Gasteiger partial charge in [0.05, 0.1) is 30.5 Å². The molecule has 9 aliphatic carbocycles. The first-order chi connectivity index (χ1) is 54.6.